The van der Waals surface area contributed by atoms with Crippen molar-refractivity contribution in [3.8, 4) is 11.1 Å². The number of fused-ring (bicyclic) bond motifs is 3. The van der Waals surface area contributed by atoms with E-state index in [0.29, 0.717) is 6.42 Å². The molecule has 0 saturated heterocycles. The number of benzene rings is 2. The van der Waals surface area contributed by atoms with Crippen molar-refractivity contribution in [1.29, 1.82) is 0 Å². The molecule has 0 spiro atoms. The third-order valence-electron chi connectivity index (χ3n) is 5.90. The lowest BCUT2D eigenvalue weighted by Gasteiger charge is -2.30. The van der Waals surface area contributed by atoms with Crippen LogP contribution in [0.25, 0.3) is 11.1 Å². The summed E-state index contributed by atoms with van der Waals surface area (Å²) in [4.78, 5) is 36.6. The van der Waals surface area contributed by atoms with Gasteiger partial charge in [0.2, 0.25) is 5.91 Å². The van der Waals surface area contributed by atoms with Crippen LogP contribution in [0.2, 0.25) is 0 Å². The number of carboxylic acid groups (broad SMARTS) is 1. The fraction of sp³-hybridized carbons (Fsp3) is 0.400. The normalized spacial score (nSPS) is 15.0. The topological polar surface area (TPSA) is 114 Å². The Kier molecular flexibility index (Phi) is 7.71. The summed E-state index contributed by atoms with van der Waals surface area (Å²) in [6, 6.07) is 15.5. The van der Waals surface area contributed by atoms with Crippen LogP contribution < -0.4 is 10.6 Å². The maximum absolute atomic E-state index is 12.9. The van der Waals surface area contributed by atoms with E-state index in [2.05, 4.69) is 22.8 Å². The Morgan fingerprint density at radius 3 is 2.15 bits per heavy atom. The van der Waals surface area contributed by atoms with E-state index < -0.39 is 29.6 Å². The van der Waals surface area contributed by atoms with E-state index in [9.17, 15) is 14.4 Å². The summed E-state index contributed by atoms with van der Waals surface area (Å²) in [5.74, 6) is -1.66. The Labute approximate surface area is 193 Å². The molecule has 0 heterocycles. The van der Waals surface area contributed by atoms with Crippen LogP contribution in [0, 0.1) is 0 Å². The average molecular weight is 455 g/mol. The highest BCUT2D eigenvalue weighted by atomic mass is 16.5. The van der Waals surface area contributed by atoms with Crippen LogP contribution in [0.3, 0.4) is 0 Å². The number of carboxylic acids is 1. The molecule has 1 aliphatic rings. The summed E-state index contributed by atoms with van der Waals surface area (Å²) in [6.45, 7) is 3.30. The quantitative estimate of drug-likeness (QED) is 0.508. The smallest absolute Gasteiger partial charge is 0.408 e. The fourth-order valence-corrected chi connectivity index (χ4v) is 4.16. The molecule has 2 aromatic rings. The number of hydrogen-bond acceptors (Lipinski definition) is 5. The maximum atomic E-state index is 12.9. The lowest BCUT2D eigenvalue weighted by Crippen LogP contribution is -2.61. The van der Waals surface area contributed by atoms with Gasteiger partial charge in [0, 0.05) is 19.1 Å². The van der Waals surface area contributed by atoms with E-state index in [-0.39, 0.29) is 25.6 Å². The van der Waals surface area contributed by atoms with E-state index in [4.69, 9.17) is 14.6 Å². The molecule has 8 heteroatoms. The molecular formula is C25H30N2O6. The SMILES string of the molecule is CCC(CC(=O)O)NC(=O)C(C)(COC)NC(=O)OCC1c2ccccc2-c2ccccc21. The summed E-state index contributed by atoms with van der Waals surface area (Å²) in [5.41, 5.74) is 2.99. The molecule has 3 N–H and O–H groups in total. The van der Waals surface area contributed by atoms with Crippen molar-refractivity contribution in [2.24, 2.45) is 0 Å². The maximum Gasteiger partial charge on any atom is 0.408 e. The van der Waals surface area contributed by atoms with Gasteiger partial charge in [0.05, 0.1) is 13.0 Å². The molecule has 8 nitrogen and oxygen atoms in total. The minimum absolute atomic E-state index is 0.105. The summed E-state index contributed by atoms with van der Waals surface area (Å²) < 4.78 is 10.7. The lowest BCUT2D eigenvalue weighted by molar-refractivity contribution is -0.138. The Balaban J connectivity index is 1.68. The fourth-order valence-electron chi connectivity index (χ4n) is 4.16. The number of nitrogens with one attached hydrogen (secondary N) is 2. The zero-order chi connectivity index (χ0) is 24.0. The summed E-state index contributed by atoms with van der Waals surface area (Å²) in [6.07, 6.45) is -0.527. The predicted molar refractivity (Wildman–Crippen MR) is 123 cm³/mol. The van der Waals surface area contributed by atoms with Gasteiger partial charge in [-0.1, -0.05) is 55.5 Å². The third-order valence-corrected chi connectivity index (χ3v) is 5.90. The number of rotatable bonds is 10. The number of ether oxygens (including phenoxy) is 2. The first-order valence-corrected chi connectivity index (χ1v) is 10.9. The number of alkyl carbamates (subject to hydrolysis) is 1. The van der Waals surface area contributed by atoms with Crippen LogP contribution in [0.4, 0.5) is 4.79 Å². The van der Waals surface area contributed by atoms with Gasteiger partial charge in [-0.25, -0.2) is 4.79 Å². The van der Waals surface area contributed by atoms with Crippen molar-refractivity contribution in [2.45, 2.75) is 44.2 Å². The van der Waals surface area contributed by atoms with Gasteiger partial charge in [0.1, 0.15) is 12.1 Å². The van der Waals surface area contributed by atoms with E-state index >= 15 is 0 Å². The standard InChI is InChI=1S/C25H30N2O6/c1-4-16(13-22(28)29)26-23(30)25(2,15-32-3)27-24(31)33-14-21-19-11-7-5-9-17(19)18-10-6-8-12-20(18)21/h5-12,16,21H,4,13-15H2,1-3H3,(H,26,30)(H,27,31)(H,28,29). The van der Waals surface area contributed by atoms with Crippen LogP contribution >= 0.6 is 0 Å². The number of aliphatic carboxylic acids is 1. The van der Waals surface area contributed by atoms with E-state index in [1.807, 2.05) is 36.4 Å². The molecule has 3 rings (SSSR count). The van der Waals surface area contributed by atoms with Crippen LogP contribution in [-0.2, 0) is 19.1 Å². The molecule has 33 heavy (non-hydrogen) atoms. The van der Waals surface area contributed by atoms with Gasteiger partial charge in [-0.15, -0.1) is 0 Å². The predicted octanol–water partition coefficient (Wildman–Crippen LogP) is 3.30. The minimum Gasteiger partial charge on any atom is -0.481 e. The van der Waals surface area contributed by atoms with Crippen molar-refractivity contribution in [3.63, 3.8) is 0 Å². The number of hydrogen-bond donors (Lipinski definition) is 3. The number of methoxy groups -OCH3 is 1. The second-order valence-electron chi connectivity index (χ2n) is 8.39. The summed E-state index contributed by atoms with van der Waals surface area (Å²) in [7, 11) is 1.42. The summed E-state index contributed by atoms with van der Waals surface area (Å²) in [5, 5.41) is 14.3. The number of carbonyl (C=O) groups excluding carboxylic acids is 2. The molecule has 2 aromatic carbocycles. The Bertz CT molecular complexity index is 978. The van der Waals surface area contributed by atoms with Crippen LogP contribution in [0.1, 0.15) is 43.7 Å². The Morgan fingerprint density at radius 2 is 1.64 bits per heavy atom. The molecule has 2 atom stereocenters. The van der Waals surface area contributed by atoms with Crippen molar-refractivity contribution < 1.29 is 29.0 Å². The number of amides is 2. The Morgan fingerprint density at radius 1 is 1.06 bits per heavy atom. The van der Waals surface area contributed by atoms with E-state index in [0.717, 1.165) is 22.3 Å². The second-order valence-corrected chi connectivity index (χ2v) is 8.39. The highest BCUT2D eigenvalue weighted by Crippen LogP contribution is 2.44. The van der Waals surface area contributed by atoms with Crippen molar-refractivity contribution in [1.82, 2.24) is 10.6 Å². The molecule has 0 aliphatic heterocycles. The van der Waals surface area contributed by atoms with Crippen molar-refractivity contribution in [3.05, 3.63) is 59.7 Å². The highest BCUT2D eigenvalue weighted by Gasteiger charge is 2.37. The summed E-state index contributed by atoms with van der Waals surface area (Å²) >= 11 is 0. The highest BCUT2D eigenvalue weighted by molar-refractivity contribution is 5.90. The lowest BCUT2D eigenvalue weighted by atomic mass is 9.98. The van der Waals surface area contributed by atoms with Gasteiger partial charge in [0.25, 0.3) is 0 Å². The van der Waals surface area contributed by atoms with Crippen LogP contribution in [0.5, 0.6) is 0 Å². The molecule has 0 saturated carbocycles. The van der Waals surface area contributed by atoms with E-state index in [1.165, 1.54) is 14.0 Å². The van der Waals surface area contributed by atoms with Gasteiger partial charge in [0.15, 0.2) is 0 Å². The van der Waals surface area contributed by atoms with Gasteiger partial charge < -0.3 is 25.2 Å². The average Bonchev–Trinajstić information content (AvgIpc) is 3.10. The van der Waals surface area contributed by atoms with Crippen LogP contribution in [-0.4, -0.2) is 55.0 Å². The molecule has 0 aromatic heterocycles. The molecule has 176 valence electrons. The van der Waals surface area contributed by atoms with Gasteiger partial charge in [-0.05, 0) is 35.6 Å². The van der Waals surface area contributed by atoms with Gasteiger partial charge in [-0.3, -0.25) is 9.59 Å². The number of carbonyl (C=O) groups is 3. The first-order valence-electron chi connectivity index (χ1n) is 10.9. The molecule has 2 amide bonds. The minimum atomic E-state index is -1.43. The molecular weight excluding hydrogens is 424 g/mol. The van der Waals surface area contributed by atoms with Gasteiger partial charge in [-0.2, -0.15) is 0 Å². The monoisotopic (exact) mass is 454 g/mol. The third kappa shape index (κ3) is 5.51. The first kappa shape index (κ1) is 24.3. The zero-order valence-electron chi connectivity index (χ0n) is 19.1. The molecule has 0 bridgehead atoms. The van der Waals surface area contributed by atoms with Crippen LogP contribution in [0.15, 0.2) is 48.5 Å². The molecule has 0 fully saturated rings. The van der Waals surface area contributed by atoms with E-state index in [1.54, 1.807) is 6.92 Å². The first-order chi connectivity index (χ1) is 15.8. The van der Waals surface area contributed by atoms with Crippen molar-refractivity contribution in [2.75, 3.05) is 20.3 Å². The second kappa shape index (κ2) is 10.5. The largest absolute Gasteiger partial charge is 0.481 e. The van der Waals surface area contributed by atoms with Crippen molar-refractivity contribution >= 4 is 18.0 Å². The molecule has 1 aliphatic carbocycles. The molecule has 2 unspecified atom stereocenters. The Hall–Kier alpha value is -3.39. The molecule has 0 radical (unpaired) electrons. The zero-order valence-corrected chi connectivity index (χ0v) is 19.1. The van der Waals surface area contributed by atoms with Gasteiger partial charge >= 0.3 is 12.1 Å².